The van der Waals surface area contributed by atoms with E-state index >= 15 is 0 Å². The fourth-order valence-electron chi connectivity index (χ4n) is 3.74. The molecule has 180 valence electrons. The van der Waals surface area contributed by atoms with Gasteiger partial charge in [-0.05, 0) is 57.6 Å². The van der Waals surface area contributed by atoms with E-state index in [0.29, 0.717) is 41.4 Å². The number of ether oxygens (including phenoxy) is 2. The average molecular weight is 460 g/mol. The highest BCUT2D eigenvalue weighted by Gasteiger charge is 2.28. The van der Waals surface area contributed by atoms with Crippen molar-refractivity contribution < 1.29 is 24.2 Å². The molecule has 2 N–H and O–H groups in total. The van der Waals surface area contributed by atoms with Crippen LogP contribution in [0, 0.1) is 18.8 Å². The molecule has 33 heavy (non-hydrogen) atoms. The topological polar surface area (TPSA) is 128 Å². The molecule has 2 aromatic heterocycles. The number of nitrogens with zero attached hydrogens (tertiary/aromatic N) is 4. The maximum atomic E-state index is 12.1. The van der Waals surface area contributed by atoms with Gasteiger partial charge in [-0.3, -0.25) is 4.79 Å². The number of rotatable bonds is 8. The van der Waals surface area contributed by atoms with Crippen LogP contribution in [-0.4, -0.2) is 49.4 Å². The zero-order valence-corrected chi connectivity index (χ0v) is 19.9. The van der Waals surface area contributed by atoms with Crippen molar-refractivity contribution >= 4 is 12.1 Å². The van der Waals surface area contributed by atoms with E-state index < -0.39 is 12.1 Å². The van der Waals surface area contributed by atoms with Gasteiger partial charge < -0.3 is 19.9 Å². The van der Waals surface area contributed by atoms with Crippen molar-refractivity contribution in [2.45, 2.75) is 72.1 Å². The third kappa shape index (κ3) is 6.21. The second-order valence-electron chi connectivity index (χ2n) is 8.94. The van der Waals surface area contributed by atoms with E-state index in [0.717, 1.165) is 12.8 Å². The summed E-state index contributed by atoms with van der Waals surface area (Å²) in [7, 11) is 1.75. The second-order valence-corrected chi connectivity index (χ2v) is 8.94. The average Bonchev–Trinajstić information content (AvgIpc) is 3.14. The minimum atomic E-state index is -0.764. The van der Waals surface area contributed by atoms with Crippen LogP contribution in [0.4, 0.5) is 4.79 Å². The third-order valence-corrected chi connectivity index (χ3v) is 6.12. The van der Waals surface area contributed by atoms with Gasteiger partial charge in [0.2, 0.25) is 0 Å². The fraction of sp³-hybridized carbons (Fsp3) is 0.609. The lowest BCUT2D eigenvalue weighted by atomic mass is 9.87. The number of carbonyl (C=O) groups is 2. The van der Waals surface area contributed by atoms with Gasteiger partial charge in [0.15, 0.2) is 0 Å². The van der Waals surface area contributed by atoms with Gasteiger partial charge >= 0.3 is 12.1 Å². The van der Waals surface area contributed by atoms with E-state index in [1.165, 1.54) is 0 Å². The normalized spacial score (nSPS) is 19.2. The third-order valence-electron chi connectivity index (χ3n) is 6.12. The molecule has 0 radical (unpaired) electrons. The molecule has 2 heterocycles. The number of aromatic nitrogens is 4. The number of aryl methyl sites for hydroxylation is 2. The maximum absolute atomic E-state index is 12.1. The Morgan fingerprint density at radius 3 is 2.70 bits per heavy atom. The van der Waals surface area contributed by atoms with Crippen molar-refractivity contribution in [1.29, 1.82) is 0 Å². The molecular weight excluding hydrogens is 426 g/mol. The van der Waals surface area contributed by atoms with Crippen molar-refractivity contribution in [3.05, 3.63) is 23.5 Å². The number of nitrogens with one attached hydrogen (secondary N) is 1. The number of pyridine rings is 1. The Kier molecular flexibility index (Phi) is 7.88. The van der Waals surface area contributed by atoms with Gasteiger partial charge in [-0.25, -0.2) is 14.5 Å². The van der Waals surface area contributed by atoms with Crippen LogP contribution in [0.3, 0.4) is 0 Å². The molecule has 3 atom stereocenters. The van der Waals surface area contributed by atoms with Crippen LogP contribution in [0.1, 0.15) is 57.8 Å². The molecule has 2 aromatic rings. The molecule has 1 amide bonds. The molecule has 10 heteroatoms. The first-order valence-corrected chi connectivity index (χ1v) is 11.4. The van der Waals surface area contributed by atoms with Crippen molar-refractivity contribution in [2.75, 3.05) is 0 Å². The number of hydrogen-bond donors (Lipinski definition) is 2. The molecule has 0 aliphatic heterocycles. The van der Waals surface area contributed by atoms with E-state index in [1.807, 2.05) is 33.8 Å². The number of carbonyl (C=O) groups excluding carboxylic acids is 1. The van der Waals surface area contributed by atoms with Crippen LogP contribution >= 0.6 is 0 Å². The van der Waals surface area contributed by atoms with Crippen molar-refractivity contribution in [3.63, 3.8) is 0 Å². The summed E-state index contributed by atoms with van der Waals surface area (Å²) in [5, 5.41) is 20.3. The molecule has 0 bridgehead atoms. The van der Waals surface area contributed by atoms with Crippen LogP contribution < -0.4 is 10.1 Å². The van der Waals surface area contributed by atoms with Crippen LogP contribution in [0.15, 0.2) is 12.1 Å². The number of aliphatic carboxylic acids is 1. The molecule has 1 aliphatic rings. The summed E-state index contributed by atoms with van der Waals surface area (Å²) in [6, 6.07) is 3.62. The Morgan fingerprint density at radius 1 is 1.27 bits per heavy atom. The van der Waals surface area contributed by atoms with Crippen LogP contribution in [0.5, 0.6) is 5.75 Å². The zero-order valence-electron chi connectivity index (χ0n) is 19.9. The van der Waals surface area contributed by atoms with Gasteiger partial charge in [0.25, 0.3) is 0 Å². The number of hydrogen-bond acceptors (Lipinski definition) is 7. The first-order valence-electron chi connectivity index (χ1n) is 11.4. The minimum absolute atomic E-state index is 0.137. The largest absolute Gasteiger partial charge is 0.489 e. The van der Waals surface area contributed by atoms with Crippen LogP contribution in [-0.2, 0) is 23.1 Å². The molecule has 10 nitrogen and oxygen atoms in total. The van der Waals surface area contributed by atoms with Crippen molar-refractivity contribution in [2.24, 2.45) is 18.9 Å². The summed E-state index contributed by atoms with van der Waals surface area (Å²) in [5.74, 6) is -0.271. The van der Waals surface area contributed by atoms with Crippen LogP contribution in [0.2, 0.25) is 0 Å². The van der Waals surface area contributed by atoms with Crippen molar-refractivity contribution in [1.82, 2.24) is 25.3 Å². The summed E-state index contributed by atoms with van der Waals surface area (Å²) in [6.07, 6.45) is 2.03. The monoisotopic (exact) mass is 459 g/mol. The van der Waals surface area contributed by atoms with E-state index in [-0.39, 0.29) is 30.6 Å². The molecule has 3 rings (SSSR count). The lowest BCUT2D eigenvalue weighted by Crippen LogP contribution is -2.30. The van der Waals surface area contributed by atoms with Gasteiger partial charge in [-0.2, -0.15) is 0 Å². The SMILES string of the molecule is Cc1nc(-c2nnn(C)c2CNC(=O)OC(C)C(C)C)ccc1O[C@H]1CCC[C@H](C(=O)O)C1. The van der Waals surface area contributed by atoms with Crippen molar-refractivity contribution in [3.8, 4) is 17.1 Å². The van der Waals surface area contributed by atoms with E-state index in [1.54, 1.807) is 17.8 Å². The summed E-state index contributed by atoms with van der Waals surface area (Å²) < 4.78 is 13.0. The van der Waals surface area contributed by atoms with Gasteiger partial charge in [-0.15, -0.1) is 5.10 Å². The van der Waals surface area contributed by atoms with Gasteiger partial charge in [0.1, 0.15) is 17.5 Å². The Morgan fingerprint density at radius 2 is 2.03 bits per heavy atom. The van der Waals surface area contributed by atoms with Gasteiger partial charge in [-0.1, -0.05) is 19.1 Å². The van der Waals surface area contributed by atoms with Crippen LogP contribution in [0.25, 0.3) is 11.4 Å². The zero-order chi connectivity index (χ0) is 24.1. The molecule has 1 saturated carbocycles. The molecule has 0 aromatic carbocycles. The summed E-state index contributed by atoms with van der Waals surface area (Å²) in [4.78, 5) is 28.1. The molecule has 1 fully saturated rings. The number of carboxylic acids is 1. The van der Waals surface area contributed by atoms with E-state index in [4.69, 9.17) is 9.47 Å². The predicted octanol–water partition coefficient (Wildman–Crippen LogP) is 3.48. The Balaban J connectivity index is 1.69. The molecule has 1 aliphatic carbocycles. The summed E-state index contributed by atoms with van der Waals surface area (Å²) in [6.45, 7) is 7.87. The standard InChI is InChI=1S/C23H33N5O5/c1-13(2)15(4)32-23(31)24-12-19-21(26-27-28(19)5)18-9-10-20(14(3)25-18)33-17-8-6-7-16(11-17)22(29)30/h9-10,13,15-17H,6-8,11-12H2,1-5H3,(H,24,31)(H,29,30)/t15?,16-,17-/m0/s1. The number of carboxylic acid groups (broad SMARTS) is 1. The van der Waals surface area contributed by atoms with Gasteiger partial charge in [0, 0.05) is 7.05 Å². The van der Waals surface area contributed by atoms with E-state index in [2.05, 4.69) is 20.6 Å². The number of amides is 1. The Hall–Kier alpha value is -3.17. The molecule has 1 unspecified atom stereocenters. The smallest absolute Gasteiger partial charge is 0.407 e. The number of alkyl carbamates (subject to hydrolysis) is 1. The maximum Gasteiger partial charge on any atom is 0.407 e. The highest BCUT2D eigenvalue weighted by atomic mass is 16.6. The van der Waals surface area contributed by atoms with Gasteiger partial charge in [0.05, 0.1) is 35.6 Å². The highest BCUT2D eigenvalue weighted by molar-refractivity contribution is 5.70. The first-order chi connectivity index (χ1) is 15.7. The lowest BCUT2D eigenvalue weighted by Gasteiger charge is -2.27. The summed E-state index contributed by atoms with van der Waals surface area (Å²) in [5.41, 5.74) is 2.55. The molecule has 0 saturated heterocycles. The Labute approximate surface area is 193 Å². The predicted molar refractivity (Wildman–Crippen MR) is 121 cm³/mol. The molecular formula is C23H33N5O5. The fourth-order valence-corrected chi connectivity index (χ4v) is 3.74. The summed E-state index contributed by atoms with van der Waals surface area (Å²) >= 11 is 0. The lowest BCUT2D eigenvalue weighted by molar-refractivity contribution is -0.143. The van der Waals surface area contributed by atoms with E-state index in [9.17, 15) is 14.7 Å². The molecule has 0 spiro atoms. The minimum Gasteiger partial charge on any atom is -0.489 e. The Bertz CT molecular complexity index is 990. The highest BCUT2D eigenvalue weighted by Crippen LogP contribution is 2.30. The first kappa shape index (κ1) is 24.5. The second kappa shape index (κ2) is 10.6. The quantitative estimate of drug-likeness (QED) is 0.614.